The molecular weight excluding hydrogens is 409 g/mol. The maximum absolute atomic E-state index is 14.4. The van der Waals surface area contributed by atoms with Gasteiger partial charge in [0.05, 0.1) is 16.8 Å². The van der Waals surface area contributed by atoms with Crippen LogP contribution < -0.4 is 10.6 Å². The van der Waals surface area contributed by atoms with E-state index in [1.165, 1.54) is 18.5 Å². The van der Waals surface area contributed by atoms with E-state index in [4.69, 9.17) is 0 Å². The highest BCUT2D eigenvalue weighted by atomic mass is 19.1. The SMILES string of the molecule is CNC(=O)c1ccnc2c([C@H](C)CNc3cc(-c4cnc(C)nc4)ncn3)cc(F)cc12. The van der Waals surface area contributed by atoms with Crippen LogP contribution in [0.25, 0.3) is 22.2 Å². The zero-order valence-electron chi connectivity index (χ0n) is 17.9. The number of amides is 1. The summed E-state index contributed by atoms with van der Waals surface area (Å²) in [5.41, 5.74) is 3.18. The van der Waals surface area contributed by atoms with E-state index in [2.05, 4.69) is 35.6 Å². The maximum atomic E-state index is 14.4. The van der Waals surface area contributed by atoms with Crippen LogP contribution in [0.2, 0.25) is 0 Å². The van der Waals surface area contributed by atoms with Gasteiger partial charge in [-0.05, 0) is 30.7 Å². The minimum absolute atomic E-state index is 0.109. The van der Waals surface area contributed by atoms with E-state index in [9.17, 15) is 9.18 Å². The van der Waals surface area contributed by atoms with E-state index in [0.29, 0.717) is 45.9 Å². The van der Waals surface area contributed by atoms with Gasteiger partial charge >= 0.3 is 0 Å². The van der Waals surface area contributed by atoms with Crippen molar-refractivity contribution in [2.24, 2.45) is 0 Å². The fourth-order valence-electron chi connectivity index (χ4n) is 3.46. The first-order chi connectivity index (χ1) is 15.5. The number of anilines is 1. The van der Waals surface area contributed by atoms with Gasteiger partial charge in [0.15, 0.2) is 0 Å². The van der Waals surface area contributed by atoms with Crippen LogP contribution in [0.1, 0.15) is 34.6 Å². The van der Waals surface area contributed by atoms with Crippen molar-refractivity contribution in [1.82, 2.24) is 30.2 Å². The molecule has 2 N–H and O–H groups in total. The monoisotopic (exact) mass is 431 g/mol. The highest BCUT2D eigenvalue weighted by Crippen LogP contribution is 2.28. The number of carbonyl (C=O) groups is 1. The van der Waals surface area contributed by atoms with Crippen LogP contribution >= 0.6 is 0 Å². The molecule has 4 rings (SSSR count). The summed E-state index contributed by atoms with van der Waals surface area (Å²) < 4.78 is 14.4. The van der Waals surface area contributed by atoms with Gasteiger partial charge in [0.25, 0.3) is 5.91 Å². The van der Waals surface area contributed by atoms with E-state index < -0.39 is 5.82 Å². The third-order valence-corrected chi connectivity index (χ3v) is 5.17. The Morgan fingerprint density at radius 1 is 1.09 bits per heavy atom. The smallest absolute Gasteiger partial charge is 0.251 e. The van der Waals surface area contributed by atoms with Crippen molar-refractivity contribution in [3.63, 3.8) is 0 Å². The molecule has 0 bridgehead atoms. The van der Waals surface area contributed by atoms with Crippen LogP contribution in [0.4, 0.5) is 10.2 Å². The first kappa shape index (κ1) is 21.2. The van der Waals surface area contributed by atoms with Crippen molar-refractivity contribution in [3.05, 3.63) is 72.0 Å². The molecular formula is C23H22FN7O. The third kappa shape index (κ3) is 4.36. The van der Waals surface area contributed by atoms with Crippen LogP contribution in [0.15, 0.2) is 49.2 Å². The minimum Gasteiger partial charge on any atom is -0.369 e. The van der Waals surface area contributed by atoms with Crippen LogP contribution in [0, 0.1) is 12.7 Å². The summed E-state index contributed by atoms with van der Waals surface area (Å²) in [6.07, 6.45) is 6.46. The van der Waals surface area contributed by atoms with Gasteiger partial charge in [-0.25, -0.2) is 24.3 Å². The van der Waals surface area contributed by atoms with Gasteiger partial charge in [-0.3, -0.25) is 9.78 Å². The van der Waals surface area contributed by atoms with Crippen molar-refractivity contribution in [2.45, 2.75) is 19.8 Å². The lowest BCUT2D eigenvalue weighted by molar-refractivity contribution is 0.0964. The summed E-state index contributed by atoms with van der Waals surface area (Å²) in [4.78, 5) is 33.6. The molecule has 0 saturated heterocycles. The van der Waals surface area contributed by atoms with Crippen LogP contribution in [-0.2, 0) is 0 Å². The summed E-state index contributed by atoms with van der Waals surface area (Å²) in [7, 11) is 1.54. The van der Waals surface area contributed by atoms with E-state index in [-0.39, 0.29) is 11.8 Å². The number of rotatable bonds is 6. The van der Waals surface area contributed by atoms with Gasteiger partial charge in [0.2, 0.25) is 0 Å². The first-order valence-electron chi connectivity index (χ1n) is 10.1. The number of pyridine rings is 1. The van der Waals surface area contributed by atoms with Crippen molar-refractivity contribution < 1.29 is 9.18 Å². The van der Waals surface area contributed by atoms with E-state index in [1.54, 1.807) is 31.7 Å². The summed E-state index contributed by atoms with van der Waals surface area (Å²) in [5, 5.41) is 6.34. The third-order valence-electron chi connectivity index (χ3n) is 5.17. The summed E-state index contributed by atoms with van der Waals surface area (Å²) in [6.45, 7) is 4.26. The molecule has 3 heterocycles. The number of benzene rings is 1. The standard InChI is InChI=1S/C23H22FN7O/c1-13(9-29-21-8-20(30-12-31-21)15-10-27-14(2)28-11-15)18-6-16(24)7-19-17(23(32)25-3)4-5-26-22(18)19/h4-8,10-13H,9H2,1-3H3,(H,25,32)(H,29,30,31)/t13-/m1/s1. The molecule has 0 aliphatic rings. The number of carbonyl (C=O) groups excluding carboxylic acids is 1. The average Bonchev–Trinajstić information content (AvgIpc) is 2.81. The highest BCUT2D eigenvalue weighted by Gasteiger charge is 2.17. The fourth-order valence-corrected chi connectivity index (χ4v) is 3.46. The van der Waals surface area contributed by atoms with E-state index >= 15 is 0 Å². The first-order valence-corrected chi connectivity index (χ1v) is 10.1. The van der Waals surface area contributed by atoms with Gasteiger partial charge in [-0.1, -0.05) is 6.92 Å². The Bertz CT molecular complexity index is 1280. The van der Waals surface area contributed by atoms with Gasteiger partial charge < -0.3 is 10.6 Å². The van der Waals surface area contributed by atoms with Crippen molar-refractivity contribution in [3.8, 4) is 11.3 Å². The number of halogens is 1. The molecule has 1 aromatic carbocycles. The molecule has 1 amide bonds. The maximum Gasteiger partial charge on any atom is 0.251 e. The predicted molar refractivity (Wildman–Crippen MR) is 120 cm³/mol. The lowest BCUT2D eigenvalue weighted by Crippen LogP contribution is -2.18. The zero-order chi connectivity index (χ0) is 22.7. The second-order valence-corrected chi connectivity index (χ2v) is 7.42. The van der Waals surface area contributed by atoms with Crippen LogP contribution in [0.3, 0.4) is 0 Å². The van der Waals surface area contributed by atoms with Crippen molar-refractivity contribution in [1.29, 1.82) is 0 Å². The number of fused-ring (bicyclic) bond motifs is 1. The molecule has 0 radical (unpaired) electrons. The molecule has 0 aliphatic heterocycles. The molecule has 9 heteroatoms. The van der Waals surface area contributed by atoms with E-state index in [0.717, 1.165) is 5.56 Å². The van der Waals surface area contributed by atoms with Gasteiger partial charge in [-0.2, -0.15) is 0 Å². The minimum atomic E-state index is -0.416. The molecule has 0 unspecified atom stereocenters. The Morgan fingerprint density at radius 2 is 1.88 bits per heavy atom. The average molecular weight is 431 g/mol. The molecule has 3 aromatic heterocycles. The lowest BCUT2D eigenvalue weighted by atomic mass is 9.95. The Kier molecular flexibility index (Phi) is 5.98. The molecule has 1 atom stereocenters. The van der Waals surface area contributed by atoms with Gasteiger partial charge in [-0.15, -0.1) is 0 Å². The predicted octanol–water partition coefficient (Wildman–Crippen LogP) is 3.50. The summed E-state index contributed by atoms with van der Waals surface area (Å²) in [5.74, 6) is 0.504. The molecule has 0 saturated carbocycles. The number of hydrogen-bond acceptors (Lipinski definition) is 7. The molecule has 32 heavy (non-hydrogen) atoms. The Balaban J connectivity index is 1.59. The Labute approximate surface area is 184 Å². The highest BCUT2D eigenvalue weighted by molar-refractivity contribution is 6.06. The molecule has 0 fully saturated rings. The normalized spacial score (nSPS) is 11.9. The lowest BCUT2D eigenvalue weighted by Gasteiger charge is -2.17. The molecule has 0 spiro atoms. The van der Waals surface area contributed by atoms with Crippen molar-refractivity contribution >= 4 is 22.6 Å². The van der Waals surface area contributed by atoms with Gasteiger partial charge in [0.1, 0.15) is 23.8 Å². The van der Waals surface area contributed by atoms with Crippen LogP contribution in [-0.4, -0.2) is 44.4 Å². The second kappa shape index (κ2) is 9.01. The van der Waals surface area contributed by atoms with Gasteiger partial charge in [0, 0.05) is 55.1 Å². The Morgan fingerprint density at radius 3 is 2.62 bits per heavy atom. The summed E-state index contributed by atoms with van der Waals surface area (Å²) >= 11 is 0. The fraction of sp³-hybridized carbons (Fsp3) is 0.217. The molecule has 162 valence electrons. The molecule has 0 aliphatic carbocycles. The summed E-state index contributed by atoms with van der Waals surface area (Å²) in [6, 6.07) is 6.21. The number of aromatic nitrogens is 5. The zero-order valence-corrected chi connectivity index (χ0v) is 17.9. The number of nitrogens with one attached hydrogen (secondary N) is 2. The number of hydrogen-bond donors (Lipinski definition) is 2. The van der Waals surface area contributed by atoms with Crippen molar-refractivity contribution in [2.75, 3.05) is 18.9 Å². The van der Waals surface area contributed by atoms with E-state index in [1.807, 2.05) is 19.9 Å². The topological polar surface area (TPSA) is 106 Å². The number of nitrogens with zero attached hydrogens (tertiary/aromatic N) is 5. The molecule has 4 aromatic rings. The van der Waals surface area contributed by atoms with Crippen LogP contribution in [0.5, 0.6) is 0 Å². The Hall–Kier alpha value is -4.01. The second-order valence-electron chi connectivity index (χ2n) is 7.42. The molecule has 8 nitrogen and oxygen atoms in total. The number of aryl methyl sites for hydroxylation is 1. The quantitative estimate of drug-likeness (QED) is 0.481. The largest absolute Gasteiger partial charge is 0.369 e.